The van der Waals surface area contributed by atoms with E-state index in [0.29, 0.717) is 29.8 Å². The Bertz CT molecular complexity index is 730. The average Bonchev–Trinajstić information content (AvgIpc) is 3.15. The molecule has 1 heterocycles. The highest BCUT2D eigenvalue weighted by molar-refractivity contribution is 7.90. The Morgan fingerprint density at radius 1 is 1.25 bits per heavy atom. The molecule has 1 fully saturated rings. The van der Waals surface area contributed by atoms with E-state index in [4.69, 9.17) is 9.73 Å². The van der Waals surface area contributed by atoms with Gasteiger partial charge in [0.25, 0.3) is 0 Å². The number of likely N-dealkylation sites (tertiary alicyclic amines) is 1. The van der Waals surface area contributed by atoms with E-state index in [-0.39, 0.29) is 0 Å². The molecule has 0 aromatic heterocycles. The highest BCUT2D eigenvalue weighted by Gasteiger charge is 2.27. The van der Waals surface area contributed by atoms with Crippen molar-refractivity contribution in [2.24, 2.45) is 4.99 Å². The minimum atomic E-state index is -3.18. The lowest BCUT2D eigenvalue weighted by Crippen LogP contribution is -2.43. The van der Waals surface area contributed by atoms with E-state index in [1.54, 1.807) is 24.3 Å². The number of nitrogens with zero attached hydrogens (tertiary/aromatic N) is 3. The molecule has 0 bridgehead atoms. The fourth-order valence-electron chi connectivity index (χ4n) is 3.50. The summed E-state index contributed by atoms with van der Waals surface area (Å²) in [6.07, 6.45) is 2.36. The van der Waals surface area contributed by atoms with Crippen molar-refractivity contribution in [3.05, 3.63) is 24.3 Å². The molecule has 1 aromatic carbocycles. The summed E-state index contributed by atoms with van der Waals surface area (Å²) in [5.41, 5.74) is 0. The van der Waals surface area contributed by atoms with Gasteiger partial charge in [0.05, 0.1) is 11.4 Å². The molecule has 28 heavy (non-hydrogen) atoms. The lowest BCUT2D eigenvalue weighted by Gasteiger charge is -2.27. The van der Waals surface area contributed by atoms with Gasteiger partial charge < -0.3 is 15.0 Å². The molecule has 7 nitrogen and oxygen atoms in total. The van der Waals surface area contributed by atoms with Crippen LogP contribution in [0.3, 0.4) is 0 Å². The standard InChI is InChI=1S/C20H34N4O3S/c1-5-21-20(24-14-12-17(16-24)23(6-2)7-3)22-13-15-27-18-8-10-19(11-9-18)28(4,25)26/h8-11,17H,5-7,12-16H2,1-4H3,(H,21,22). The summed E-state index contributed by atoms with van der Waals surface area (Å²) in [4.78, 5) is 9.83. The van der Waals surface area contributed by atoms with Crippen LogP contribution in [0.15, 0.2) is 34.2 Å². The van der Waals surface area contributed by atoms with Crippen LogP contribution in [0.2, 0.25) is 0 Å². The van der Waals surface area contributed by atoms with Crippen LogP contribution >= 0.6 is 0 Å². The van der Waals surface area contributed by atoms with Crippen LogP contribution in [0.1, 0.15) is 27.2 Å². The Hall–Kier alpha value is -1.80. The Morgan fingerprint density at radius 2 is 1.93 bits per heavy atom. The Kier molecular flexibility index (Phi) is 8.57. The number of benzene rings is 1. The molecular weight excluding hydrogens is 376 g/mol. The van der Waals surface area contributed by atoms with Gasteiger partial charge in [-0.2, -0.15) is 0 Å². The third-order valence-corrected chi connectivity index (χ3v) is 6.13. The van der Waals surface area contributed by atoms with E-state index in [0.717, 1.165) is 45.1 Å². The second-order valence-electron chi connectivity index (χ2n) is 6.94. The summed E-state index contributed by atoms with van der Waals surface area (Å²) in [6, 6.07) is 7.08. The van der Waals surface area contributed by atoms with Gasteiger partial charge in [-0.1, -0.05) is 13.8 Å². The van der Waals surface area contributed by atoms with Crippen LogP contribution in [0.4, 0.5) is 0 Å². The largest absolute Gasteiger partial charge is 0.492 e. The van der Waals surface area contributed by atoms with Gasteiger partial charge in [0.2, 0.25) is 0 Å². The summed E-state index contributed by atoms with van der Waals surface area (Å²) in [6.45, 7) is 12.5. The molecule has 0 radical (unpaired) electrons. The summed E-state index contributed by atoms with van der Waals surface area (Å²) >= 11 is 0. The van der Waals surface area contributed by atoms with Crippen LogP contribution in [-0.4, -0.2) is 82.4 Å². The molecule has 0 saturated carbocycles. The Balaban J connectivity index is 1.87. The zero-order valence-electron chi connectivity index (χ0n) is 17.5. The zero-order valence-corrected chi connectivity index (χ0v) is 18.3. The maximum absolute atomic E-state index is 11.5. The third kappa shape index (κ3) is 6.38. The molecule has 1 N–H and O–H groups in total. The molecule has 158 valence electrons. The average molecular weight is 411 g/mol. The lowest BCUT2D eigenvalue weighted by atomic mass is 10.2. The first kappa shape index (κ1) is 22.5. The number of nitrogens with one attached hydrogen (secondary N) is 1. The van der Waals surface area contributed by atoms with E-state index >= 15 is 0 Å². The SMILES string of the molecule is CCNC(=NCCOc1ccc(S(C)(=O)=O)cc1)N1CCC(N(CC)CC)C1. The fraction of sp³-hybridized carbons (Fsp3) is 0.650. The highest BCUT2D eigenvalue weighted by Crippen LogP contribution is 2.17. The molecule has 8 heteroatoms. The van der Waals surface area contributed by atoms with Crippen LogP contribution in [0.5, 0.6) is 5.75 Å². The van der Waals surface area contributed by atoms with Crippen molar-refractivity contribution in [1.82, 2.24) is 15.1 Å². The van der Waals surface area contributed by atoms with Gasteiger partial charge in [0, 0.05) is 31.9 Å². The van der Waals surface area contributed by atoms with Crippen molar-refractivity contribution in [3.8, 4) is 5.75 Å². The van der Waals surface area contributed by atoms with E-state index in [2.05, 4.69) is 35.9 Å². The Morgan fingerprint density at radius 3 is 2.50 bits per heavy atom. The summed E-state index contributed by atoms with van der Waals surface area (Å²) < 4.78 is 28.7. The van der Waals surface area contributed by atoms with Crippen molar-refractivity contribution >= 4 is 15.8 Å². The van der Waals surface area contributed by atoms with Crippen molar-refractivity contribution in [1.29, 1.82) is 0 Å². The first-order valence-electron chi connectivity index (χ1n) is 10.1. The smallest absolute Gasteiger partial charge is 0.194 e. The number of likely N-dealkylation sites (N-methyl/N-ethyl adjacent to an activating group) is 1. The molecule has 1 aromatic rings. The molecule has 1 unspecified atom stereocenters. The van der Waals surface area contributed by atoms with Gasteiger partial charge in [-0.05, 0) is 50.7 Å². The summed E-state index contributed by atoms with van der Waals surface area (Å²) in [5.74, 6) is 1.59. The van der Waals surface area contributed by atoms with E-state index in [1.807, 2.05) is 0 Å². The van der Waals surface area contributed by atoms with Crippen LogP contribution in [0.25, 0.3) is 0 Å². The number of ether oxygens (including phenoxy) is 1. The molecule has 2 rings (SSSR count). The van der Waals surface area contributed by atoms with E-state index in [9.17, 15) is 8.42 Å². The lowest BCUT2D eigenvalue weighted by molar-refractivity contribution is 0.223. The summed E-state index contributed by atoms with van der Waals surface area (Å²) in [5, 5.41) is 3.38. The number of hydrogen-bond acceptors (Lipinski definition) is 5. The van der Waals surface area contributed by atoms with Crippen molar-refractivity contribution < 1.29 is 13.2 Å². The molecule has 0 spiro atoms. The van der Waals surface area contributed by atoms with Crippen LogP contribution in [-0.2, 0) is 9.84 Å². The van der Waals surface area contributed by atoms with Crippen molar-refractivity contribution in [2.45, 2.75) is 38.1 Å². The molecule has 0 amide bonds. The van der Waals surface area contributed by atoms with Gasteiger partial charge in [0.15, 0.2) is 15.8 Å². The second kappa shape index (κ2) is 10.7. The highest BCUT2D eigenvalue weighted by atomic mass is 32.2. The molecule has 1 aliphatic rings. The topological polar surface area (TPSA) is 74.2 Å². The monoisotopic (exact) mass is 410 g/mol. The number of aliphatic imine (C=N–C) groups is 1. The second-order valence-corrected chi connectivity index (χ2v) is 8.95. The fourth-order valence-corrected chi connectivity index (χ4v) is 4.13. The molecular formula is C20H34N4O3S. The normalized spacial score (nSPS) is 18.0. The zero-order chi connectivity index (χ0) is 20.6. The van der Waals surface area contributed by atoms with Gasteiger partial charge >= 0.3 is 0 Å². The molecule has 0 aliphatic carbocycles. The van der Waals surface area contributed by atoms with Crippen molar-refractivity contribution in [2.75, 3.05) is 52.1 Å². The number of sulfone groups is 1. The quantitative estimate of drug-likeness (QED) is 0.380. The van der Waals surface area contributed by atoms with Crippen LogP contribution in [0, 0.1) is 0 Å². The predicted octanol–water partition coefficient (Wildman–Crippen LogP) is 1.85. The molecule has 1 atom stereocenters. The van der Waals surface area contributed by atoms with Crippen LogP contribution < -0.4 is 10.1 Å². The minimum absolute atomic E-state index is 0.295. The number of guanidine groups is 1. The van der Waals surface area contributed by atoms with E-state index in [1.165, 1.54) is 6.26 Å². The number of hydrogen-bond donors (Lipinski definition) is 1. The Labute approximate surface area is 169 Å². The number of rotatable bonds is 9. The van der Waals surface area contributed by atoms with Gasteiger partial charge in [-0.3, -0.25) is 4.90 Å². The van der Waals surface area contributed by atoms with E-state index < -0.39 is 9.84 Å². The van der Waals surface area contributed by atoms with Crippen molar-refractivity contribution in [3.63, 3.8) is 0 Å². The first-order valence-corrected chi connectivity index (χ1v) is 12.0. The van der Waals surface area contributed by atoms with Gasteiger partial charge in [0.1, 0.15) is 12.4 Å². The maximum atomic E-state index is 11.5. The summed E-state index contributed by atoms with van der Waals surface area (Å²) in [7, 11) is -3.18. The minimum Gasteiger partial charge on any atom is -0.492 e. The first-order chi connectivity index (χ1) is 13.4. The van der Waals surface area contributed by atoms with Gasteiger partial charge in [-0.25, -0.2) is 13.4 Å². The third-order valence-electron chi connectivity index (χ3n) is 5.00. The molecule has 1 aliphatic heterocycles. The predicted molar refractivity (Wildman–Crippen MR) is 114 cm³/mol. The van der Waals surface area contributed by atoms with Gasteiger partial charge in [-0.15, -0.1) is 0 Å². The molecule has 1 saturated heterocycles. The maximum Gasteiger partial charge on any atom is 0.194 e.